The second-order valence-electron chi connectivity index (χ2n) is 11.2. The molecule has 10 heteroatoms. The van der Waals surface area contributed by atoms with Crippen molar-refractivity contribution < 1.29 is 29.0 Å². The van der Waals surface area contributed by atoms with Gasteiger partial charge in [0.2, 0.25) is 17.7 Å². The highest BCUT2D eigenvalue weighted by atomic mass is 79.9. The molecular weight excluding hydrogens is 590 g/mol. The summed E-state index contributed by atoms with van der Waals surface area (Å²) in [4.78, 5) is 43.4. The highest BCUT2D eigenvalue weighted by Crippen LogP contribution is 2.60. The Kier molecular flexibility index (Phi) is 8.73. The number of nitrogens with one attached hydrogen (secondary N) is 2. The number of unbranched alkanes of at least 4 members (excludes halogenated alkanes) is 2. The molecule has 1 spiro atoms. The van der Waals surface area contributed by atoms with E-state index < -0.39 is 29.6 Å². The first-order chi connectivity index (χ1) is 19.7. The van der Waals surface area contributed by atoms with Crippen LogP contribution in [-0.4, -0.2) is 70.1 Å². The number of carbonyl (C=O) groups excluding carboxylic acids is 3. The minimum atomic E-state index is -1.13. The van der Waals surface area contributed by atoms with Crippen molar-refractivity contribution >= 4 is 45.0 Å². The van der Waals surface area contributed by atoms with E-state index in [0.717, 1.165) is 17.5 Å². The van der Waals surface area contributed by atoms with Gasteiger partial charge in [0, 0.05) is 29.4 Å². The van der Waals surface area contributed by atoms with E-state index in [2.05, 4.69) is 26.6 Å². The SMILES string of the molecule is CCOc1ccc(NC(=O)[C@H]2[C@@H]3OC4(CC3Br)C(C(=O)Nc3cc(C)ccc3C)N(CCCCCO)C(=O)[C@H]24)cc1. The number of nitrogens with zero attached hydrogens (tertiary/aromatic N) is 1. The zero-order valence-corrected chi connectivity index (χ0v) is 25.3. The third-order valence-corrected chi connectivity index (χ3v) is 9.33. The first-order valence-corrected chi connectivity index (χ1v) is 15.3. The highest BCUT2D eigenvalue weighted by molar-refractivity contribution is 9.09. The second kappa shape index (κ2) is 12.1. The summed E-state index contributed by atoms with van der Waals surface area (Å²) in [6, 6.07) is 12.1. The smallest absolute Gasteiger partial charge is 0.250 e. The van der Waals surface area contributed by atoms with Crippen molar-refractivity contribution in [3.05, 3.63) is 53.6 Å². The van der Waals surface area contributed by atoms with E-state index in [0.29, 0.717) is 49.5 Å². The zero-order chi connectivity index (χ0) is 29.3. The van der Waals surface area contributed by atoms with Crippen molar-refractivity contribution in [2.24, 2.45) is 11.8 Å². The number of benzene rings is 2. The maximum Gasteiger partial charge on any atom is 0.250 e. The molecule has 0 aromatic heterocycles. The number of ether oxygens (including phenoxy) is 2. The van der Waals surface area contributed by atoms with Gasteiger partial charge in [-0.25, -0.2) is 0 Å². The molecule has 6 atom stereocenters. The first kappa shape index (κ1) is 29.5. The fourth-order valence-corrected chi connectivity index (χ4v) is 7.58. The molecule has 3 unspecified atom stereocenters. The third kappa shape index (κ3) is 5.49. The van der Waals surface area contributed by atoms with Gasteiger partial charge in [-0.3, -0.25) is 14.4 Å². The van der Waals surface area contributed by atoms with Gasteiger partial charge in [0.1, 0.15) is 17.4 Å². The molecule has 3 amide bonds. The molecule has 0 radical (unpaired) electrons. The van der Waals surface area contributed by atoms with E-state index in [-0.39, 0.29) is 29.2 Å². The van der Waals surface area contributed by atoms with Crippen molar-refractivity contribution in [2.45, 2.75) is 69.0 Å². The fourth-order valence-electron chi connectivity index (χ4n) is 6.64. The summed E-state index contributed by atoms with van der Waals surface area (Å²) < 4.78 is 12.1. The Labute approximate surface area is 249 Å². The van der Waals surface area contributed by atoms with Crippen LogP contribution < -0.4 is 15.4 Å². The maximum atomic E-state index is 14.1. The normalized spacial score (nSPS) is 28.1. The van der Waals surface area contributed by atoms with Crippen molar-refractivity contribution in [2.75, 3.05) is 30.4 Å². The summed E-state index contributed by atoms with van der Waals surface area (Å²) in [5.74, 6) is -1.69. The number of aryl methyl sites for hydroxylation is 2. The molecule has 2 aromatic rings. The van der Waals surface area contributed by atoms with Gasteiger partial charge < -0.3 is 30.1 Å². The number of anilines is 2. The molecule has 3 fully saturated rings. The Bertz CT molecular complexity index is 1300. The zero-order valence-electron chi connectivity index (χ0n) is 23.7. The molecule has 3 aliphatic heterocycles. The number of hydrogen-bond acceptors (Lipinski definition) is 6. The summed E-state index contributed by atoms with van der Waals surface area (Å²) in [6.07, 6.45) is 1.87. The summed E-state index contributed by atoms with van der Waals surface area (Å²) in [5.41, 5.74) is 2.08. The predicted octanol–water partition coefficient (Wildman–Crippen LogP) is 4.19. The van der Waals surface area contributed by atoms with Gasteiger partial charge in [0.15, 0.2) is 0 Å². The van der Waals surface area contributed by atoms with E-state index in [1.54, 1.807) is 29.2 Å². The molecule has 41 heavy (non-hydrogen) atoms. The molecule has 3 heterocycles. The predicted molar refractivity (Wildman–Crippen MR) is 159 cm³/mol. The molecule has 0 saturated carbocycles. The standard InChI is InChI=1S/C31H38BrN3O6/c1-4-40-21-12-10-20(11-13-21)33-28(37)24-25-30(39)35(14-6-5-7-15-36)27(31(25)17-22(32)26(24)41-31)29(38)34-23-16-18(2)8-9-19(23)3/h8-13,16,22,24-27,36H,4-7,14-15,17H2,1-3H3,(H,33,37)(H,34,38)/t22?,24-,25+,26-,27?,31?/m1/s1. The maximum absolute atomic E-state index is 14.1. The molecule has 3 N–H and O–H groups in total. The van der Waals surface area contributed by atoms with E-state index >= 15 is 0 Å². The van der Waals surface area contributed by atoms with Crippen molar-refractivity contribution in [1.29, 1.82) is 0 Å². The molecule has 2 bridgehead atoms. The summed E-state index contributed by atoms with van der Waals surface area (Å²) in [5, 5.41) is 15.3. The fraction of sp³-hybridized carbons (Fsp3) is 0.516. The summed E-state index contributed by atoms with van der Waals surface area (Å²) in [6.45, 7) is 6.75. The molecule has 0 aliphatic carbocycles. The Morgan fingerprint density at radius 1 is 1.10 bits per heavy atom. The molecule has 9 nitrogen and oxygen atoms in total. The van der Waals surface area contributed by atoms with Gasteiger partial charge in [0.05, 0.1) is 24.5 Å². The third-order valence-electron chi connectivity index (χ3n) is 8.48. The van der Waals surface area contributed by atoms with Gasteiger partial charge in [-0.2, -0.15) is 0 Å². The van der Waals surface area contributed by atoms with Crippen LogP contribution in [0.4, 0.5) is 11.4 Å². The van der Waals surface area contributed by atoms with Crippen molar-refractivity contribution in [3.8, 4) is 5.75 Å². The van der Waals surface area contributed by atoms with Crippen LogP contribution in [0.5, 0.6) is 5.75 Å². The number of alkyl halides is 1. The first-order valence-electron chi connectivity index (χ1n) is 14.3. The van der Waals surface area contributed by atoms with Gasteiger partial charge >= 0.3 is 0 Å². The van der Waals surface area contributed by atoms with Gasteiger partial charge in [-0.1, -0.05) is 28.1 Å². The minimum absolute atomic E-state index is 0.0703. The van der Waals surface area contributed by atoms with Crippen LogP contribution in [0.2, 0.25) is 0 Å². The number of carbonyl (C=O) groups is 3. The number of aliphatic hydroxyl groups excluding tert-OH is 1. The van der Waals surface area contributed by atoms with E-state index in [1.807, 2.05) is 39.0 Å². The number of aliphatic hydroxyl groups is 1. The highest BCUT2D eigenvalue weighted by Gasteiger charge is 2.76. The van der Waals surface area contributed by atoms with E-state index in [4.69, 9.17) is 9.47 Å². The van der Waals surface area contributed by atoms with Crippen LogP contribution in [0.15, 0.2) is 42.5 Å². The minimum Gasteiger partial charge on any atom is -0.494 e. The van der Waals surface area contributed by atoms with Crippen LogP contribution in [0, 0.1) is 25.7 Å². The van der Waals surface area contributed by atoms with Crippen LogP contribution in [-0.2, 0) is 19.1 Å². The topological polar surface area (TPSA) is 117 Å². The number of halogens is 1. The summed E-state index contributed by atoms with van der Waals surface area (Å²) >= 11 is 3.71. The lowest BCUT2D eigenvalue weighted by atomic mass is 9.70. The molecule has 2 aromatic carbocycles. The lowest BCUT2D eigenvalue weighted by Gasteiger charge is -2.34. The van der Waals surface area contributed by atoms with Crippen LogP contribution in [0.25, 0.3) is 0 Å². The lowest BCUT2D eigenvalue weighted by Crippen LogP contribution is -2.54. The van der Waals surface area contributed by atoms with Crippen LogP contribution in [0.1, 0.15) is 43.7 Å². The van der Waals surface area contributed by atoms with Gasteiger partial charge in [-0.05, 0) is 87.9 Å². The van der Waals surface area contributed by atoms with Crippen LogP contribution in [0.3, 0.4) is 0 Å². The number of amides is 3. The Hall–Kier alpha value is -2.95. The van der Waals surface area contributed by atoms with Gasteiger partial charge in [0.25, 0.3) is 0 Å². The van der Waals surface area contributed by atoms with Crippen molar-refractivity contribution in [3.63, 3.8) is 0 Å². The second-order valence-corrected chi connectivity index (χ2v) is 12.4. The molecular formula is C31H38BrN3O6. The Balaban J connectivity index is 1.44. The molecule has 5 rings (SSSR count). The average molecular weight is 629 g/mol. The van der Waals surface area contributed by atoms with Crippen molar-refractivity contribution in [1.82, 2.24) is 4.90 Å². The van der Waals surface area contributed by atoms with E-state index in [9.17, 15) is 19.5 Å². The molecule has 3 saturated heterocycles. The Morgan fingerprint density at radius 2 is 1.85 bits per heavy atom. The molecule has 220 valence electrons. The quantitative estimate of drug-likeness (QED) is 0.254. The monoisotopic (exact) mass is 627 g/mol. The summed E-state index contributed by atoms with van der Waals surface area (Å²) in [7, 11) is 0. The lowest BCUT2D eigenvalue weighted by molar-refractivity contribution is -0.139. The average Bonchev–Trinajstić information content (AvgIpc) is 3.53. The Morgan fingerprint density at radius 3 is 2.56 bits per heavy atom. The number of rotatable bonds is 11. The molecule has 3 aliphatic rings. The number of fused-ring (bicyclic) bond motifs is 1. The number of hydrogen-bond donors (Lipinski definition) is 3. The van der Waals surface area contributed by atoms with E-state index in [1.165, 1.54) is 0 Å². The van der Waals surface area contributed by atoms with Gasteiger partial charge in [-0.15, -0.1) is 0 Å². The largest absolute Gasteiger partial charge is 0.494 e. The number of likely N-dealkylation sites (tertiary alicyclic amines) is 1. The van der Waals surface area contributed by atoms with Crippen LogP contribution >= 0.6 is 15.9 Å².